The average Bonchev–Trinajstić information content (AvgIpc) is 2.91. The van der Waals surface area contributed by atoms with Crippen molar-refractivity contribution in [1.82, 2.24) is 10.3 Å². The normalized spacial score (nSPS) is 14.4. The second kappa shape index (κ2) is 5.02. The molecule has 0 saturated carbocycles. The van der Waals surface area contributed by atoms with E-state index in [4.69, 9.17) is 27.6 Å². The summed E-state index contributed by atoms with van der Waals surface area (Å²) in [5, 5.41) is 4.41. The minimum absolute atomic E-state index is 0.482. The van der Waals surface area contributed by atoms with Crippen molar-refractivity contribution in [2.45, 2.75) is 13.0 Å². The molecule has 1 aliphatic heterocycles. The molecule has 0 atom stereocenters. The van der Waals surface area contributed by atoms with E-state index in [1.54, 1.807) is 12.1 Å². The number of benzene rings is 2. The van der Waals surface area contributed by atoms with Crippen LogP contribution in [0, 0.1) is 0 Å². The molecule has 2 aromatic carbocycles. The molecule has 0 fully saturated rings. The van der Waals surface area contributed by atoms with Gasteiger partial charge in [-0.2, -0.15) is 0 Å². The molecule has 4 rings (SSSR count). The summed E-state index contributed by atoms with van der Waals surface area (Å²) in [5.41, 5.74) is 4.89. The maximum Gasteiger partial charge on any atom is 0.227 e. The number of nitrogens with one attached hydrogen (secondary N) is 1. The quantitative estimate of drug-likeness (QED) is 0.720. The number of rotatable bonds is 1. The molecule has 0 amide bonds. The SMILES string of the molecule is Clc1cc(Cl)c2oc(-c3ccc4c(c3)CNCC4)nc2c1. The van der Waals surface area contributed by atoms with E-state index in [1.165, 1.54) is 11.1 Å². The highest BCUT2D eigenvalue weighted by Crippen LogP contribution is 2.32. The van der Waals surface area contributed by atoms with Crippen LogP contribution in [0.1, 0.15) is 11.1 Å². The lowest BCUT2D eigenvalue weighted by molar-refractivity contribution is 0.617. The summed E-state index contributed by atoms with van der Waals surface area (Å²) in [5.74, 6) is 0.572. The van der Waals surface area contributed by atoms with Gasteiger partial charge in [0.1, 0.15) is 5.52 Å². The van der Waals surface area contributed by atoms with Crippen molar-refractivity contribution in [2.75, 3.05) is 6.54 Å². The minimum atomic E-state index is 0.482. The number of nitrogens with zero attached hydrogens (tertiary/aromatic N) is 1. The second-order valence-corrected chi connectivity index (χ2v) is 6.01. The van der Waals surface area contributed by atoms with E-state index in [-0.39, 0.29) is 0 Å². The number of oxazole rings is 1. The molecule has 21 heavy (non-hydrogen) atoms. The van der Waals surface area contributed by atoms with Crippen molar-refractivity contribution in [1.29, 1.82) is 0 Å². The van der Waals surface area contributed by atoms with Crippen LogP contribution in [0.15, 0.2) is 34.7 Å². The number of halogens is 2. The van der Waals surface area contributed by atoms with Crippen molar-refractivity contribution in [3.05, 3.63) is 51.5 Å². The largest absolute Gasteiger partial charge is 0.435 e. The van der Waals surface area contributed by atoms with Crippen LogP contribution in [0.25, 0.3) is 22.6 Å². The average molecular weight is 319 g/mol. The van der Waals surface area contributed by atoms with Crippen LogP contribution in [0.3, 0.4) is 0 Å². The number of hydrogen-bond donors (Lipinski definition) is 1. The lowest BCUT2D eigenvalue weighted by Crippen LogP contribution is -2.23. The Bertz CT molecular complexity index is 842. The van der Waals surface area contributed by atoms with Crippen molar-refractivity contribution in [2.24, 2.45) is 0 Å². The molecule has 0 radical (unpaired) electrons. The van der Waals surface area contributed by atoms with Gasteiger partial charge >= 0.3 is 0 Å². The van der Waals surface area contributed by atoms with Gasteiger partial charge in [-0.25, -0.2) is 4.98 Å². The molecule has 1 aliphatic rings. The molecular weight excluding hydrogens is 307 g/mol. The van der Waals surface area contributed by atoms with Crippen LogP contribution in [0.4, 0.5) is 0 Å². The van der Waals surface area contributed by atoms with Crippen molar-refractivity contribution in [3.63, 3.8) is 0 Å². The molecule has 0 unspecified atom stereocenters. The third-order valence-electron chi connectivity index (χ3n) is 3.75. The van der Waals surface area contributed by atoms with E-state index in [1.807, 2.05) is 6.07 Å². The van der Waals surface area contributed by atoms with Crippen LogP contribution in [0.5, 0.6) is 0 Å². The number of fused-ring (bicyclic) bond motifs is 2. The fraction of sp³-hybridized carbons (Fsp3) is 0.188. The zero-order valence-electron chi connectivity index (χ0n) is 11.1. The fourth-order valence-electron chi connectivity index (χ4n) is 2.70. The van der Waals surface area contributed by atoms with Gasteiger partial charge in [0.15, 0.2) is 5.58 Å². The summed E-state index contributed by atoms with van der Waals surface area (Å²) in [6.07, 6.45) is 1.06. The van der Waals surface area contributed by atoms with Gasteiger partial charge in [-0.15, -0.1) is 0 Å². The van der Waals surface area contributed by atoms with Crippen molar-refractivity contribution in [3.8, 4) is 11.5 Å². The van der Waals surface area contributed by atoms with Crippen molar-refractivity contribution >= 4 is 34.3 Å². The number of hydrogen-bond acceptors (Lipinski definition) is 3. The first-order chi connectivity index (χ1) is 10.2. The Morgan fingerprint density at radius 3 is 2.90 bits per heavy atom. The number of aromatic nitrogens is 1. The highest BCUT2D eigenvalue weighted by atomic mass is 35.5. The zero-order valence-corrected chi connectivity index (χ0v) is 12.6. The maximum absolute atomic E-state index is 6.15. The highest BCUT2D eigenvalue weighted by Gasteiger charge is 2.15. The Kier molecular flexibility index (Phi) is 3.14. The van der Waals surface area contributed by atoms with E-state index in [0.717, 1.165) is 25.1 Å². The third kappa shape index (κ3) is 2.31. The van der Waals surface area contributed by atoms with Gasteiger partial charge in [-0.05, 0) is 48.4 Å². The van der Waals surface area contributed by atoms with E-state index in [2.05, 4.69) is 22.4 Å². The lowest BCUT2D eigenvalue weighted by atomic mass is 9.98. The Hall–Kier alpha value is -1.55. The van der Waals surface area contributed by atoms with Crippen LogP contribution in [-0.2, 0) is 13.0 Å². The molecule has 0 bridgehead atoms. The Morgan fingerprint density at radius 1 is 1.10 bits per heavy atom. The molecule has 3 nitrogen and oxygen atoms in total. The highest BCUT2D eigenvalue weighted by molar-refractivity contribution is 6.38. The van der Waals surface area contributed by atoms with Gasteiger partial charge < -0.3 is 9.73 Å². The predicted octanol–water partition coefficient (Wildman–Crippen LogP) is 4.45. The van der Waals surface area contributed by atoms with E-state index in [0.29, 0.717) is 27.0 Å². The van der Waals surface area contributed by atoms with E-state index < -0.39 is 0 Å². The van der Waals surface area contributed by atoms with Crippen LogP contribution in [-0.4, -0.2) is 11.5 Å². The predicted molar refractivity (Wildman–Crippen MR) is 84.9 cm³/mol. The van der Waals surface area contributed by atoms with Gasteiger partial charge in [-0.1, -0.05) is 29.3 Å². The van der Waals surface area contributed by atoms with Gasteiger partial charge in [0.25, 0.3) is 0 Å². The topological polar surface area (TPSA) is 38.1 Å². The van der Waals surface area contributed by atoms with Crippen LogP contribution < -0.4 is 5.32 Å². The third-order valence-corrected chi connectivity index (χ3v) is 4.25. The van der Waals surface area contributed by atoms with Gasteiger partial charge in [-0.3, -0.25) is 0 Å². The second-order valence-electron chi connectivity index (χ2n) is 5.17. The Labute approximate surface area is 131 Å². The minimum Gasteiger partial charge on any atom is -0.435 e. The first kappa shape index (κ1) is 13.1. The van der Waals surface area contributed by atoms with Crippen LogP contribution in [0.2, 0.25) is 10.0 Å². The van der Waals surface area contributed by atoms with Gasteiger partial charge in [0.05, 0.1) is 5.02 Å². The molecular formula is C16H12Cl2N2O. The standard InChI is InChI=1S/C16H12Cl2N2O/c17-12-6-13(18)15-14(7-12)20-16(21-15)10-2-1-9-3-4-19-8-11(9)5-10/h1-2,5-7,19H,3-4,8H2. The molecule has 106 valence electrons. The Morgan fingerprint density at radius 2 is 2.00 bits per heavy atom. The molecule has 5 heteroatoms. The molecule has 2 heterocycles. The summed E-state index contributed by atoms with van der Waals surface area (Å²) in [6.45, 7) is 1.92. The molecule has 3 aromatic rings. The molecule has 0 spiro atoms. The zero-order chi connectivity index (χ0) is 14.4. The van der Waals surface area contributed by atoms with E-state index >= 15 is 0 Å². The summed E-state index contributed by atoms with van der Waals surface area (Å²) < 4.78 is 5.81. The van der Waals surface area contributed by atoms with Crippen molar-refractivity contribution < 1.29 is 4.42 Å². The summed E-state index contributed by atoms with van der Waals surface area (Å²) >= 11 is 12.1. The summed E-state index contributed by atoms with van der Waals surface area (Å²) in [6, 6.07) is 9.74. The summed E-state index contributed by atoms with van der Waals surface area (Å²) in [4.78, 5) is 4.50. The lowest BCUT2D eigenvalue weighted by Gasteiger charge is -2.17. The van der Waals surface area contributed by atoms with Crippen LogP contribution >= 0.6 is 23.2 Å². The maximum atomic E-state index is 6.15. The first-order valence-corrected chi connectivity index (χ1v) is 7.55. The van der Waals surface area contributed by atoms with E-state index in [9.17, 15) is 0 Å². The summed E-state index contributed by atoms with van der Waals surface area (Å²) in [7, 11) is 0. The monoisotopic (exact) mass is 318 g/mol. The smallest absolute Gasteiger partial charge is 0.227 e. The first-order valence-electron chi connectivity index (χ1n) is 6.79. The fourth-order valence-corrected chi connectivity index (χ4v) is 3.22. The molecule has 0 aliphatic carbocycles. The molecule has 1 N–H and O–H groups in total. The Balaban J connectivity index is 1.84. The van der Waals surface area contributed by atoms with Gasteiger partial charge in [0.2, 0.25) is 5.89 Å². The molecule has 1 aromatic heterocycles. The molecule has 0 saturated heterocycles. The van der Waals surface area contributed by atoms with Gasteiger partial charge in [0, 0.05) is 17.1 Å².